The molecular formula is C27H29ClF3N3O4. The third kappa shape index (κ3) is 6.13. The van der Waals surface area contributed by atoms with Crippen molar-refractivity contribution in [2.24, 2.45) is 5.92 Å². The Bertz CT molecular complexity index is 1190. The molecule has 2 aromatic rings. The molecule has 2 aliphatic heterocycles. The molecule has 3 heterocycles. The summed E-state index contributed by atoms with van der Waals surface area (Å²) in [6, 6.07) is 7.64. The van der Waals surface area contributed by atoms with E-state index in [9.17, 15) is 22.8 Å². The monoisotopic (exact) mass is 551 g/mol. The number of amides is 1. The number of hydrogen-bond acceptors (Lipinski definition) is 6. The number of carbonyl (C=O) groups excluding carboxylic acids is 2. The van der Waals surface area contributed by atoms with Crippen LogP contribution in [0.15, 0.2) is 36.5 Å². The maximum atomic E-state index is 13.3. The first-order valence-electron chi connectivity index (χ1n) is 12.8. The molecule has 4 atom stereocenters. The average molecular weight is 552 g/mol. The second-order valence-electron chi connectivity index (χ2n) is 10.1. The molecule has 7 nitrogen and oxygen atoms in total. The number of nitrogens with zero attached hydrogens (tertiary/aromatic N) is 2. The number of alkyl halides is 3. The molecule has 1 N–H and O–H groups in total. The van der Waals surface area contributed by atoms with E-state index in [0.29, 0.717) is 60.7 Å². The van der Waals surface area contributed by atoms with Gasteiger partial charge in [-0.1, -0.05) is 17.7 Å². The highest BCUT2D eigenvalue weighted by Gasteiger charge is 2.38. The Labute approximate surface area is 223 Å². The van der Waals surface area contributed by atoms with Crippen molar-refractivity contribution >= 4 is 23.5 Å². The molecule has 1 saturated heterocycles. The van der Waals surface area contributed by atoms with Crippen LogP contribution in [0.1, 0.15) is 52.9 Å². The Morgan fingerprint density at radius 3 is 2.82 bits per heavy atom. The Balaban J connectivity index is 1.17. The Hall–Kier alpha value is -2.69. The van der Waals surface area contributed by atoms with Gasteiger partial charge in [-0.3, -0.25) is 9.78 Å². The van der Waals surface area contributed by atoms with Gasteiger partial charge in [0.25, 0.3) is 0 Å². The van der Waals surface area contributed by atoms with Gasteiger partial charge in [0.2, 0.25) is 5.91 Å². The lowest BCUT2D eigenvalue weighted by Gasteiger charge is -2.34. The molecule has 1 aliphatic carbocycles. The molecule has 1 aromatic heterocycles. The smallest absolute Gasteiger partial charge is 0.417 e. The second kappa shape index (κ2) is 11.2. The summed E-state index contributed by atoms with van der Waals surface area (Å²) in [6.45, 7) is 1.40. The van der Waals surface area contributed by atoms with E-state index in [1.807, 2.05) is 0 Å². The fourth-order valence-electron chi connectivity index (χ4n) is 5.53. The molecule has 38 heavy (non-hydrogen) atoms. The average Bonchev–Trinajstić information content (AvgIpc) is 3.36. The minimum atomic E-state index is -4.47. The van der Waals surface area contributed by atoms with Crippen LogP contribution in [0.4, 0.5) is 13.2 Å². The molecule has 3 aliphatic rings. The summed E-state index contributed by atoms with van der Waals surface area (Å²) in [5, 5.41) is 4.02. The summed E-state index contributed by atoms with van der Waals surface area (Å²) in [5.41, 5.74) is 0.649. The number of rotatable bonds is 5. The van der Waals surface area contributed by atoms with Crippen LogP contribution >= 0.6 is 11.6 Å². The first-order chi connectivity index (χ1) is 18.2. The Morgan fingerprint density at radius 2 is 2.03 bits per heavy atom. The van der Waals surface area contributed by atoms with Crippen molar-refractivity contribution in [3.63, 3.8) is 0 Å². The van der Waals surface area contributed by atoms with Crippen molar-refractivity contribution in [1.82, 2.24) is 15.2 Å². The number of halogens is 4. The number of nitrogens with one attached hydrogen (secondary N) is 1. The molecule has 0 spiro atoms. The number of carbonyl (C=O) groups is 2. The number of fused-ring (bicyclic) bond motifs is 1. The molecule has 4 unspecified atom stereocenters. The van der Waals surface area contributed by atoms with Gasteiger partial charge in [-0.2, -0.15) is 13.2 Å². The summed E-state index contributed by atoms with van der Waals surface area (Å²) >= 11 is 5.99. The minimum Gasteiger partial charge on any atom is -0.455 e. The Morgan fingerprint density at radius 1 is 1.18 bits per heavy atom. The first kappa shape index (κ1) is 26.9. The molecular weight excluding hydrogens is 523 g/mol. The summed E-state index contributed by atoms with van der Waals surface area (Å²) in [4.78, 5) is 31.6. The van der Waals surface area contributed by atoms with E-state index in [2.05, 4.69) is 10.3 Å². The lowest BCUT2D eigenvalue weighted by atomic mass is 10.00. The van der Waals surface area contributed by atoms with Crippen molar-refractivity contribution in [2.45, 2.75) is 63.0 Å². The van der Waals surface area contributed by atoms with Crippen molar-refractivity contribution in [3.8, 4) is 0 Å². The lowest BCUT2D eigenvalue weighted by Crippen LogP contribution is -2.51. The van der Waals surface area contributed by atoms with E-state index in [-0.39, 0.29) is 37.1 Å². The number of benzene rings is 1. The van der Waals surface area contributed by atoms with Gasteiger partial charge in [-0.15, -0.1) is 0 Å². The minimum absolute atomic E-state index is 0.0340. The van der Waals surface area contributed by atoms with E-state index in [4.69, 9.17) is 21.1 Å². The van der Waals surface area contributed by atoms with Crippen LogP contribution in [0, 0.1) is 5.92 Å². The number of pyridine rings is 1. The van der Waals surface area contributed by atoms with Crippen LogP contribution < -0.4 is 5.32 Å². The molecule has 0 radical (unpaired) electrons. The maximum absolute atomic E-state index is 13.3. The van der Waals surface area contributed by atoms with E-state index in [1.54, 1.807) is 29.2 Å². The van der Waals surface area contributed by atoms with E-state index in [1.165, 1.54) is 0 Å². The highest BCUT2D eigenvalue weighted by molar-refractivity contribution is 6.30. The second-order valence-corrected chi connectivity index (χ2v) is 10.6. The summed E-state index contributed by atoms with van der Waals surface area (Å²) in [6.07, 6.45) is -0.879. The molecule has 5 rings (SSSR count). The third-order valence-electron chi connectivity index (χ3n) is 7.53. The zero-order valence-corrected chi connectivity index (χ0v) is 21.4. The van der Waals surface area contributed by atoms with Gasteiger partial charge < -0.3 is 19.7 Å². The fourth-order valence-corrected chi connectivity index (χ4v) is 5.72. The third-order valence-corrected chi connectivity index (χ3v) is 7.77. The molecule has 2 fully saturated rings. The van der Waals surface area contributed by atoms with Crippen molar-refractivity contribution in [1.29, 1.82) is 0 Å². The fraction of sp³-hybridized carbons (Fsp3) is 0.519. The highest BCUT2D eigenvalue weighted by atomic mass is 35.5. The van der Waals surface area contributed by atoms with Gasteiger partial charge in [0.05, 0.1) is 17.7 Å². The number of hydrogen-bond donors (Lipinski definition) is 1. The van der Waals surface area contributed by atoms with Gasteiger partial charge in [0.15, 0.2) is 0 Å². The maximum Gasteiger partial charge on any atom is 0.417 e. The van der Waals surface area contributed by atoms with Crippen LogP contribution in [0.3, 0.4) is 0 Å². The van der Waals surface area contributed by atoms with Crippen molar-refractivity contribution in [3.05, 3.63) is 63.9 Å². The standard InChI is InChI=1S/C27H29ClF3N3O4/c28-20-3-1-2-17(11-20)26(36)38-24-15-37-9-7-23(24)33-21-5-4-16(12-21)25(35)34-8-6-22-18(14-34)10-19(13-32-22)27(29,30)31/h1-3,10-11,13,16,21,23-24,33H,4-9,12,14-15H2. The van der Waals surface area contributed by atoms with Crippen LogP contribution in [0.2, 0.25) is 5.02 Å². The normalized spacial score (nSPS) is 25.6. The molecule has 0 bridgehead atoms. The topological polar surface area (TPSA) is 80.8 Å². The number of esters is 1. The van der Waals surface area contributed by atoms with Gasteiger partial charge in [-0.05, 0) is 55.5 Å². The largest absolute Gasteiger partial charge is 0.455 e. The summed E-state index contributed by atoms with van der Waals surface area (Å²) < 4.78 is 50.7. The zero-order chi connectivity index (χ0) is 26.9. The lowest BCUT2D eigenvalue weighted by molar-refractivity contribution is -0.138. The van der Waals surface area contributed by atoms with Gasteiger partial charge in [-0.25, -0.2) is 4.79 Å². The summed E-state index contributed by atoms with van der Waals surface area (Å²) in [5.74, 6) is -0.712. The van der Waals surface area contributed by atoms with Crippen LogP contribution in [-0.2, 0) is 33.4 Å². The molecule has 1 saturated carbocycles. The van der Waals surface area contributed by atoms with E-state index >= 15 is 0 Å². The molecule has 1 aromatic carbocycles. The number of aromatic nitrogens is 1. The SMILES string of the molecule is O=C(OC1COCCC1NC1CCC(C(=O)N2CCc3ncc(C(F)(F)F)cc3C2)C1)c1cccc(Cl)c1. The van der Waals surface area contributed by atoms with Crippen LogP contribution in [0.5, 0.6) is 0 Å². The van der Waals surface area contributed by atoms with Crippen LogP contribution in [0.25, 0.3) is 0 Å². The molecule has 204 valence electrons. The van der Waals surface area contributed by atoms with E-state index < -0.39 is 23.8 Å². The van der Waals surface area contributed by atoms with Crippen molar-refractivity contribution in [2.75, 3.05) is 19.8 Å². The predicted octanol–water partition coefficient (Wildman–Crippen LogP) is 4.41. The highest BCUT2D eigenvalue weighted by Crippen LogP contribution is 2.33. The van der Waals surface area contributed by atoms with Crippen molar-refractivity contribution < 1.29 is 32.2 Å². The van der Waals surface area contributed by atoms with Gasteiger partial charge >= 0.3 is 12.1 Å². The quantitative estimate of drug-likeness (QED) is 0.555. The molecule has 1 amide bonds. The first-order valence-corrected chi connectivity index (χ1v) is 13.2. The van der Waals surface area contributed by atoms with Crippen LogP contribution in [-0.4, -0.2) is 59.7 Å². The molecule has 11 heteroatoms. The number of ether oxygens (including phenoxy) is 2. The summed E-state index contributed by atoms with van der Waals surface area (Å²) in [7, 11) is 0. The van der Waals surface area contributed by atoms with Gasteiger partial charge in [0.1, 0.15) is 6.10 Å². The van der Waals surface area contributed by atoms with E-state index in [0.717, 1.165) is 18.7 Å². The zero-order valence-electron chi connectivity index (χ0n) is 20.7. The van der Waals surface area contributed by atoms with Gasteiger partial charge in [0, 0.05) is 61.0 Å². The predicted molar refractivity (Wildman–Crippen MR) is 133 cm³/mol. The Kier molecular flexibility index (Phi) is 7.93.